The SMILES string of the molecule is CCCCCCCC[Si](O)(O)OCC.CCCCCCCC[Si](O)(O)OCC.C[Si](C)(O)CCCO[C@@H]1CCOc2ccc3cc(-c4ccccc4)c4c(c3c2)-c2c(c(-c3ccccc3)cc3ccc(cc23)OCC[C@H]1OCCC[Si](C)(C)O)OCCOCCOCCOCCOCCO4. The van der Waals surface area contributed by atoms with E-state index in [-0.39, 0.29) is 25.4 Å². The van der Waals surface area contributed by atoms with Gasteiger partial charge in [-0.05, 0) is 147 Å². The van der Waals surface area contributed by atoms with Crippen LogP contribution in [0.5, 0.6) is 23.0 Å². The van der Waals surface area contributed by atoms with E-state index in [1.54, 1.807) is 13.8 Å². The monoisotopic (exact) mass is 1460 g/mol. The summed E-state index contributed by atoms with van der Waals surface area (Å²) in [6.45, 7) is 22.2. The predicted octanol–water partition coefficient (Wildman–Crippen LogP) is 15.9. The van der Waals surface area contributed by atoms with Gasteiger partial charge in [-0.1, -0.05) is 151 Å². The maximum atomic E-state index is 10.6. The van der Waals surface area contributed by atoms with E-state index in [4.69, 9.17) is 56.2 Å². The topological polar surface area (TPSA) is 232 Å². The van der Waals surface area contributed by atoms with Crippen molar-refractivity contribution in [2.75, 3.05) is 106 Å². The lowest BCUT2D eigenvalue weighted by atomic mass is 9.86. The second-order valence-electron chi connectivity index (χ2n) is 27.2. The molecule has 4 bridgehead atoms. The van der Waals surface area contributed by atoms with Gasteiger partial charge in [-0.3, -0.25) is 0 Å². The summed E-state index contributed by atoms with van der Waals surface area (Å²) in [5.41, 5.74) is 5.56. The highest BCUT2D eigenvalue weighted by molar-refractivity contribution is 6.70. The molecule has 0 spiro atoms. The molecule has 0 radical (unpaired) electrons. The third kappa shape index (κ3) is 31.7. The van der Waals surface area contributed by atoms with Crippen LogP contribution < -0.4 is 18.9 Å². The molecular weight excluding hydrogens is 1340 g/mol. The Bertz CT molecular complexity index is 2970. The largest absolute Gasteiger partial charge is 0.495 e. The lowest BCUT2D eigenvalue weighted by Gasteiger charge is -2.29. The molecular formula is C78H122O18Si4. The Morgan fingerprint density at radius 2 is 0.720 bits per heavy atom. The van der Waals surface area contributed by atoms with Gasteiger partial charge in [0, 0.05) is 73.6 Å². The zero-order chi connectivity index (χ0) is 71.9. The summed E-state index contributed by atoms with van der Waals surface area (Å²) in [6, 6.07) is 40.1. The molecule has 0 saturated carbocycles. The molecule has 18 nitrogen and oxygen atoms in total. The molecule has 0 amide bonds. The fourth-order valence-electron chi connectivity index (χ4n) is 12.2. The molecule has 6 aromatic carbocycles. The van der Waals surface area contributed by atoms with Crippen LogP contribution in [0.15, 0.2) is 109 Å². The zero-order valence-electron chi connectivity index (χ0n) is 61.6. The summed E-state index contributed by atoms with van der Waals surface area (Å²) < 4.78 is 74.7. The number of rotatable bonds is 30. The van der Waals surface area contributed by atoms with Crippen molar-refractivity contribution in [3.63, 3.8) is 0 Å². The maximum Gasteiger partial charge on any atom is 0.495 e. The van der Waals surface area contributed by atoms with Gasteiger partial charge in [0.1, 0.15) is 36.2 Å². The first kappa shape index (κ1) is 84.3. The minimum Gasteiger partial charge on any atom is -0.493 e. The Labute approximate surface area is 601 Å². The first-order valence-electron chi connectivity index (χ1n) is 37.3. The third-order valence-corrected chi connectivity index (χ3v) is 24.0. The van der Waals surface area contributed by atoms with Crippen LogP contribution in [0.4, 0.5) is 0 Å². The minimum atomic E-state index is -3.27. The van der Waals surface area contributed by atoms with Crippen LogP contribution in [0.25, 0.3) is 54.9 Å². The Morgan fingerprint density at radius 3 is 1.07 bits per heavy atom. The molecule has 6 aromatic rings. The number of hydrogen-bond donors (Lipinski definition) is 6. The van der Waals surface area contributed by atoms with Crippen molar-refractivity contribution in [3.8, 4) is 56.4 Å². The number of benzene rings is 6. The van der Waals surface area contributed by atoms with Crippen LogP contribution in [0, 0.1) is 0 Å². The number of fused-ring (bicyclic) bond motifs is 2. The molecule has 0 fully saturated rings. The Balaban J connectivity index is 0.000000469. The van der Waals surface area contributed by atoms with Crippen molar-refractivity contribution in [1.82, 2.24) is 0 Å². The highest BCUT2D eigenvalue weighted by Gasteiger charge is 2.33. The van der Waals surface area contributed by atoms with Crippen LogP contribution in [0.1, 0.15) is 130 Å². The number of hydrogen-bond acceptors (Lipinski definition) is 18. The molecule has 6 N–H and O–H groups in total. The Kier molecular flexibility index (Phi) is 39.0. The van der Waals surface area contributed by atoms with E-state index in [1.165, 1.54) is 51.4 Å². The van der Waals surface area contributed by atoms with Gasteiger partial charge in [0.2, 0.25) is 0 Å². The van der Waals surface area contributed by atoms with E-state index in [2.05, 4.69) is 98.8 Å². The molecule has 8 rings (SSSR count). The van der Waals surface area contributed by atoms with Gasteiger partial charge in [-0.25, -0.2) is 0 Å². The van der Waals surface area contributed by atoms with Gasteiger partial charge in [0.05, 0.1) is 78.3 Å². The molecule has 558 valence electrons. The molecule has 0 aliphatic carbocycles. The number of ether oxygens (including phenoxy) is 10. The average molecular weight is 1460 g/mol. The van der Waals surface area contributed by atoms with Crippen LogP contribution >= 0.6 is 0 Å². The molecule has 100 heavy (non-hydrogen) atoms. The lowest BCUT2D eigenvalue weighted by molar-refractivity contribution is -0.0862. The van der Waals surface area contributed by atoms with Gasteiger partial charge >= 0.3 is 17.6 Å². The van der Waals surface area contributed by atoms with Crippen molar-refractivity contribution in [3.05, 3.63) is 109 Å². The molecule has 2 heterocycles. The minimum absolute atomic E-state index is 0.272. The van der Waals surface area contributed by atoms with Gasteiger partial charge in [-0.15, -0.1) is 0 Å². The fraction of sp³-hybridized carbons (Fsp3) is 0.590. The second-order valence-corrected chi connectivity index (χ2v) is 40.0. The summed E-state index contributed by atoms with van der Waals surface area (Å²) in [6.07, 6.45) is 15.9. The third-order valence-electron chi connectivity index (χ3n) is 17.4. The van der Waals surface area contributed by atoms with Gasteiger partial charge in [-0.2, -0.15) is 0 Å². The van der Waals surface area contributed by atoms with Gasteiger partial charge < -0.3 is 85.0 Å². The highest BCUT2D eigenvalue weighted by Crippen LogP contribution is 2.53. The van der Waals surface area contributed by atoms with E-state index >= 15 is 0 Å². The molecule has 0 saturated heterocycles. The van der Waals surface area contributed by atoms with Crippen LogP contribution in [-0.4, -0.2) is 181 Å². The number of unbranched alkanes of at least 4 members (excludes halogenated alkanes) is 10. The summed E-state index contributed by atoms with van der Waals surface area (Å²) >= 11 is 0. The van der Waals surface area contributed by atoms with Crippen LogP contribution in [0.2, 0.25) is 50.4 Å². The van der Waals surface area contributed by atoms with Crippen LogP contribution in [0.3, 0.4) is 0 Å². The maximum absolute atomic E-state index is 10.6. The summed E-state index contributed by atoms with van der Waals surface area (Å²) in [5.74, 6) is 2.77. The van der Waals surface area contributed by atoms with Crippen molar-refractivity contribution < 1.29 is 85.0 Å². The van der Waals surface area contributed by atoms with Gasteiger partial charge in [0.25, 0.3) is 0 Å². The smallest absolute Gasteiger partial charge is 0.493 e. The summed E-state index contributed by atoms with van der Waals surface area (Å²) in [7, 11) is -11.1. The summed E-state index contributed by atoms with van der Waals surface area (Å²) in [5, 5.41) is 3.82. The van der Waals surface area contributed by atoms with Crippen molar-refractivity contribution in [1.29, 1.82) is 0 Å². The van der Waals surface area contributed by atoms with E-state index in [0.29, 0.717) is 140 Å². The molecule has 0 aromatic heterocycles. The van der Waals surface area contributed by atoms with Gasteiger partial charge in [0.15, 0.2) is 16.6 Å². The molecule has 22 heteroatoms. The zero-order valence-corrected chi connectivity index (χ0v) is 65.6. The van der Waals surface area contributed by atoms with Crippen molar-refractivity contribution >= 4 is 55.8 Å². The van der Waals surface area contributed by atoms with E-state index in [9.17, 15) is 28.8 Å². The highest BCUT2D eigenvalue weighted by atomic mass is 28.4. The second kappa shape index (κ2) is 46.2. The quantitative estimate of drug-likeness (QED) is 0.0182. The lowest BCUT2D eigenvalue weighted by Crippen LogP contribution is -2.38. The standard InChI is InChI=1S/C58H74O12Si2.2C10H24O3Si/c1-71(2,59)37-11-23-67-53-21-25-65-47-19-17-45-39-51(43-13-7-5-8-14-43)57-55(49(45)41-47)56-50-42-48(66-26-22-54(53)68-24-12-38-72(3,4)60)20-18-46(50)40-52(44-15-9-6-10-16-44)58(56)70-36-34-64-32-30-62-28-27-61-29-31-63-33-35-69-57;2*1-3-5-6-7-8-9-10-14(11,12)13-4-2/h5-10,13-20,39-42,53-54,59-60H,11-12,21-38H2,1-4H3;2*11-12H,3-10H2,1-2H3/t53-,54-;;/m1../s1. The molecule has 2 aliphatic heterocycles. The first-order chi connectivity index (χ1) is 48.2. The summed E-state index contributed by atoms with van der Waals surface area (Å²) in [4.78, 5) is 58.8. The Hall–Kier alpha value is -4.65. The normalized spacial score (nSPS) is 16.5. The fourth-order valence-corrected chi connectivity index (χ4v) is 16.9. The Morgan fingerprint density at radius 1 is 0.370 bits per heavy atom. The average Bonchev–Trinajstić information content (AvgIpc) is 0.728. The van der Waals surface area contributed by atoms with E-state index in [1.807, 2.05) is 50.5 Å². The molecule has 0 unspecified atom stereocenters. The first-order valence-corrected chi connectivity index (χ1v) is 47.6. The van der Waals surface area contributed by atoms with E-state index in [0.717, 1.165) is 106 Å². The van der Waals surface area contributed by atoms with Crippen LogP contribution in [-0.2, 0) is 37.3 Å². The van der Waals surface area contributed by atoms with E-state index < -0.39 is 34.2 Å². The molecule has 2 aliphatic rings. The predicted molar refractivity (Wildman–Crippen MR) is 410 cm³/mol. The van der Waals surface area contributed by atoms with Crippen molar-refractivity contribution in [2.45, 2.75) is 193 Å². The van der Waals surface area contributed by atoms with Crippen molar-refractivity contribution in [2.24, 2.45) is 0 Å². The molecule has 2 atom stereocenters.